The molecule has 98 valence electrons. The molecule has 1 amide bonds. The van der Waals surface area contributed by atoms with Crippen LogP contribution >= 0.6 is 11.6 Å². The fraction of sp³-hybridized carbons (Fsp3) is 0.923. The maximum atomic E-state index is 11.9. The van der Waals surface area contributed by atoms with Gasteiger partial charge in [-0.15, -0.1) is 11.6 Å². The monoisotopic (exact) mass is 259 g/mol. The quantitative estimate of drug-likeness (QED) is 0.790. The van der Waals surface area contributed by atoms with Crippen LogP contribution in [0, 0.1) is 11.8 Å². The van der Waals surface area contributed by atoms with Crippen molar-refractivity contribution in [2.75, 3.05) is 19.8 Å². The largest absolute Gasteiger partial charge is 0.381 e. The third-order valence-corrected chi connectivity index (χ3v) is 4.21. The van der Waals surface area contributed by atoms with Crippen molar-refractivity contribution < 1.29 is 9.53 Å². The summed E-state index contributed by atoms with van der Waals surface area (Å²) in [5, 5.41) is 3.37. The highest BCUT2D eigenvalue weighted by molar-refractivity contribution is 6.20. The molecule has 1 saturated heterocycles. The van der Waals surface area contributed by atoms with Crippen molar-refractivity contribution in [3.05, 3.63) is 0 Å². The molecular weight excluding hydrogens is 238 g/mol. The first-order valence-electron chi connectivity index (χ1n) is 6.75. The van der Waals surface area contributed by atoms with Crippen LogP contribution in [0.3, 0.4) is 0 Å². The van der Waals surface area contributed by atoms with Gasteiger partial charge in [0, 0.05) is 18.5 Å². The lowest BCUT2D eigenvalue weighted by molar-refractivity contribution is -0.129. The van der Waals surface area contributed by atoms with E-state index in [0.717, 1.165) is 38.8 Å². The number of hydrogen-bond donors (Lipinski definition) is 1. The van der Waals surface area contributed by atoms with Crippen LogP contribution in [-0.2, 0) is 9.53 Å². The van der Waals surface area contributed by atoms with Crippen molar-refractivity contribution in [2.45, 2.75) is 43.9 Å². The van der Waals surface area contributed by atoms with Crippen molar-refractivity contribution in [2.24, 2.45) is 11.8 Å². The Morgan fingerprint density at radius 1 is 1.29 bits per heavy atom. The molecule has 3 nitrogen and oxygen atoms in total. The summed E-state index contributed by atoms with van der Waals surface area (Å²) in [6, 6.07) is 0. The van der Waals surface area contributed by atoms with Crippen LogP contribution in [0.25, 0.3) is 0 Å². The summed E-state index contributed by atoms with van der Waals surface area (Å²) >= 11 is 6.14. The fourth-order valence-corrected chi connectivity index (χ4v) is 3.15. The lowest BCUT2D eigenvalue weighted by Gasteiger charge is -2.27. The second kappa shape index (κ2) is 6.60. The van der Waals surface area contributed by atoms with E-state index in [1.165, 1.54) is 12.8 Å². The molecule has 0 spiro atoms. The Morgan fingerprint density at radius 2 is 2.18 bits per heavy atom. The Hall–Kier alpha value is -0.280. The van der Waals surface area contributed by atoms with Gasteiger partial charge in [0.05, 0.1) is 12.5 Å². The molecule has 1 aliphatic heterocycles. The Morgan fingerprint density at radius 3 is 2.88 bits per heavy atom. The Labute approximate surface area is 108 Å². The van der Waals surface area contributed by atoms with Crippen molar-refractivity contribution in [1.82, 2.24) is 5.32 Å². The minimum Gasteiger partial charge on any atom is -0.381 e. The Balaban J connectivity index is 1.68. The highest BCUT2D eigenvalue weighted by Gasteiger charge is 2.24. The first-order chi connectivity index (χ1) is 8.25. The third-order valence-electron chi connectivity index (χ3n) is 3.81. The van der Waals surface area contributed by atoms with Crippen LogP contribution in [0.15, 0.2) is 0 Å². The number of carbonyl (C=O) groups is 1. The van der Waals surface area contributed by atoms with Crippen LogP contribution in [0.1, 0.15) is 38.5 Å². The van der Waals surface area contributed by atoms with Crippen molar-refractivity contribution in [1.29, 1.82) is 0 Å². The number of carbonyl (C=O) groups excluding carboxylic acids is 1. The summed E-state index contributed by atoms with van der Waals surface area (Å²) in [5.74, 6) is 0.806. The van der Waals surface area contributed by atoms with Gasteiger partial charge in [0.25, 0.3) is 0 Å². The lowest BCUT2D eigenvalue weighted by Crippen LogP contribution is -2.39. The fourth-order valence-electron chi connectivity index (χ4n) is 2.75. The van der Waals surface area contributed by atoms with Gasteiger partial charge in [-0.1, -0.05) is 6.42 Å². The Bertz CT molecular complexity index is 254. The first-order valence-corrected chi connectivity index (χ1v) is 7.19. The number of amides is 1. The smallest absolute Gasteiger partial charge is 0.225 e. The maximum absolute atomic E-state index is 11.9. The SMILES string of the molecule is O=C(NCC1CCCC(Cl)C1)C1CCCOC1. The summed E-state index contributed by atoms with van der Waals surface area (Å²) in [5.41, 5.74) is 0. The molecule has 2 rings (SSSR count). The molecule has 0 aromatic heterocycles. The highest BCUT2D eigenvalue weighted by atomic mass is 35.5. The van der Waals surface area contributed by atoms with Gasteiger partial charge in [-0.05, 0) is 38.0 Å². The summed E-state index contributed by atoms with van der Waals surface area (Å²) in [6.45, 7) is 2.19. The number of ether oxygens (including phenoxy) is 1. The van der Waals surface area contributed by atoms with Crippen LogP contribution in [0.5, 0.6) is 0 Å². The van der Waals surface area contributed by atoms with Crippen LogP contribution in [-0.4, -0.2) is 31.0 Å². The van der Waals surface area contributed by atoms with E-state index in [-0.39, 0.29) is 11.8 Å². The second-order valence-electron chi connectivity index (χ2n) is 5.29. The molecule has 4 heteroatoms. The van der Waals surface area contributed by atoms with Gasteiger partial charge >= 0.3 is 0 Å². The van der Waals surface area contributed by atoms with Gasteiger partial charge in [0.1, 0.15) is 0 Å². The van der Waals surface area contributed by atoms with Gasteiger partial charge in [-0.25, -0.2) is 0 Å². The van der Waals surface area contributed by atoms with E-state index in [1.54, 1.807) is 0 Å². The summed E-state index contributed by atoms with van der Waals surface area (Å²) in [7, 11) is 0. The van der Waals surface area contributed by atoms with Gasteiger partial charge in [0.15, 0.2) is 0 Å². The van der Waals surface area contributed by atoms with E-state index >= 15 is 0 Å². The zero-order valence-corrected chi connectivity index (χ0v) is 11.0. The number of halogens is 1. The zero-order valence-electron chi connectivity index (χ0n) is 10.3. The molecule has 0 bridgehead atoms. The minimum atomic E-state index is 0.0686. The number of rotatable bonds is 3. The standard InChI is InChI=1S/C13H22ClNO2/c14-12-5-1-3-10(7-12)8-15-13(16)11-4-2-6-17-9-11/h10-12H,1-9H2,(H,15,16). The number of hydrogen-bond acceptors (Lipinski definition) is 2. The molecule has 0 aromatic carbocycles. The van der Waals surface area contributed by atoms with E-state index in [9.17, 15) is 4.79 Å². The molecule has 2 aliphatic rings. The molecule has 3 atom stereocenters. The van der Waals surface area contributed by atoms with E-state index in [1.807, 2.05) is 0 Å². The van der Waals surface area contributed by atoms with Gasteiger partial charge < -0.3 is 10.1 Å². The third kappa shape index (κ3) is 4.14. The molecule has 3 unspecified atom stereocenters. The summed E-state index contributed by atoms with van der Waals surface area (Å²) in [6.07, 6.45) is 6.54. The molecule has 0 aromatic rings. The van der Waals surface area contributed by atoms with E-state index in [2.05, 4.69) is 5.32 Å². The minimum absolute atomic E-state index is 0.0686. The summed E-state index contributed by atoms with van der Waals surface area (Å²) in [4.78, 5) is 11.9. The Kier molecular flexibility index (Phi) is 5.11. The maximum Gasteiger partial charge on any atom is 0.225 e. The molecule has 1 N–H and O–H groups in total. The molecular formula is C13H22ClNO2. The molecule has 0 radical (unpaired) electrons. The van der Waals surface area contributed by atoms with E-state index in [0.29, 0.717) is 17.9 Å². The van der Waals surface area contributed by atoms with E-state index in [4.69, 9.17) is 16.3 Å². The predicted octanol–water partition coefficient (Wildman–Crippen LogP) is 2.33. The number of nitrogens with one attached hydrogen (secondary N) is 1. The van der Waals surface area contributed by atoms with Gasteiger partial charge in [-0.3, -0.25) is 4.79 Å². The average molecular weight is 260 g/mol. The summed E-state index contributed by atoms with van der Waals surface area (Å²) < 4.78 is 5.33. The predicted molar refractivity (Wildman–Crippen MR) is 68.2 cm³/mol. The molecule has 1 saturated carbocycles. The highest BCUT2D eigenvalue weighted by Crippen LogP contribution is 2.27. The molecule has 17 heavy (non-hydrogen) atoms. The van der Waals surface area contributed by atoms with Crippen LogP contribution in [0.4, 0.5) is 0 Å². The topological polar surface area (TPSA) is 38.3 Å². The number of alkyl halides is 1. The normalized spacial score (nSPS) is 34.3. The van der Waals surface area contributed by atoms with Crippen LogP contribution < -0.4 is 5.32 Å². The van der Waals surface area contributed by atoms with Crippen molar-refractivity contribution >= 4 is 17.5 Å². The second-order valence-corrected chi connectivity index (χ2v) is 5.91. The molecule has 1 aliphatic carbocycles. The zero-order chi connectivity index (χ0) is 12.1. The van der Waals surface area contributed by atoms with Crippen molar-refractivity contribution in [3.63, 3.8) is 0 Å². The van der Waals surface area contributed by atoms with E-state index < -0.39 is 0 Å². The van der Waals surface area contributed by atoms with Gasteiger partial charge in [0.2, 0.25) is 5.91 Å². The molecule has 1 heterocycles. The average Bonchev–Trinajstić information content (AvgIpc) is 2.37. The lowest BCUT2D eigenvalue weighted by atomic mass is 9.88. The van der Waals surface area contributed by atoms with Crippen molar-refractivity contribution in [3.8, 4) is 0 Å². The first kappa shape index (κ1) is 13.2. The molecule has 2 fully saturated rings. The van der Waals surface area contributed by atoms with Crippen LogP contribution in [0.2, 0.25) is 0 Å². The van der Waals surface area contributed by atoms with Gasteiger partial charge in [-0.2, -0.15) is 0 Å².